The molecular weight excluding hydrogens is 508 g/mol. The van der Waals surface area contributed by atoms with Gasteiger partial charge < -0.3 is 20.1 Å². The van der Waals surface area contributed by atoms with E-state index in [0.717, 1.165) is 23.5 Å². The molecule has 4 rings (SSSR count). The van der Waals surface area contributed by atoms with Gasteiger partial charge in [-0.05, 0) is 36.6 Å². The van der Waals surface area contributed by atoms with Crippen molar-refractivity contribution in [2.45, 2.75) is 45.8 Å². The summed E-state index contributed by atoms with van der Waals surface area (Å²) in [5.41, 5.74) is 8.95. The lowest BCUT2D eigenvalue weighted by Gasteiger charge is -2.20. The molecule has 40 heavy (non-hydrogen) atoms. The van der Waals surface area contributed by atoms with Crippen LogP contribution in [0.25, 0.3) is 11.2 Å². The second-order valence-electron chi connectivity index (χ2n) is 9.86. The normalized spacial score (nSPS) is 11.6. The molecule has 2 aromatic heterocycles. The third kappa shape index (κ3) is 6.70. The smallest absolute Gasteiger partial charge is 0.332 e. The molecule has 0 atom stereocenters. The highest BCUT2D eigenvalue weighted by atomic mass is 16.5. The summed E-state index contributed by atoms with van der Waals surface area (Å²) in [7, 11) is 1.60. The predicted molar refractivity (Wildman–Crippen MR) is 158 cm³/mol. The lowest BCUT2D eigenvalue weighted by atomic mass is 10.1. The lowest BCUT2D eigenvalue weighted by molar-refractivity contribution is 0.189. The molecule has 0 aliphatic heterocycles. The van der Waals surface area contributed by atoms with Gasteiger partial charge in [0.25, 0.3) is 5.56 Å². The third-order valence-corrected chi connectivity index (χ3v) is 7.29. The third-order valence-electron chi connectivity index (χ3n) is 7.29. The molecule has 2 aromatic carbocycles. The Hall–Kier alpha value is -3.73. The van der Waals surface area contributed by atoms with Crippen LogP contribution in [0.1, 0.15) is 30.3 Å². The van der Waals surface area contributed by atoms with Gasteiger partial charge in [-0.15, -0.1) is 0 Å². The first-order valence-corrected chi connectivity index (χ1v) is 13.9. The number of hydrogen-bond donors (Lipinski definition) is 2. The van der Waals surface area contributed by atoms with Gasteiger partial charge >= 0.3 is 5.69 Å². The fourth-order valence-corrected chi connectivity index (χ4v) is 5.06. The van der Waals surface area contributed by atoms with E-state index in [1.54, 1.807) is 11.7 Å². The molecule has 0 aliphatic carbocycles. The molecule has 214 valence electrons. The highest BCUT2D eigenvalue weighted by Crippen LogP contribution is 2.18. The molecule has 4 aromatic rings. The van der Waals surface area contributed by atoms with Crippen LogP contribution >= 0.6 is 0 Å². The van der Waals surface area contributed by atoms with Crippen LogP contribution in [0.2, 0.25) is 0 Å². The summed E-state index contributed by atoms with van der Waals surface area (Å²) in [6, 6.07) is 17.6. The largest absolute Gasteiger partial charge is 0.399 e. The number of aromatic nitrogens is 4. The number of nitrogens with zero attached hydrogens (tertiary/aromatic N) is 5. The Morgan fingerprint density at radius 3 is 2.40 bits per heavy atom. The summed E-state index contributed by atoms with van der Waals surface area (Å²) in [4.78, 5) is 34.7. The van der Waals surface area contributed by atoms with E-state index in [9.17, 15) is 14.7 Å². The number of benzene rings is 2. The van der Waals surface area contributed by atoms with E-state index in [1.165, 1.54) is 4.57 Å². The van der Waals surface area contributed by atoms with E-state index >= 15 is 0 Å². The second kappa shape index (κ2) is 14.1. The molecule has 0 aliphatic rings. The van der Waals surface area contributed by atoms with Crippen molar-refractivity contribution in [3.8, 4) is 0 Å². The maximum atomic E-state index is 13.9. The maximum Gasteiger partial charge on any atom is 0.332 e. The Labute approximate surface area is 234 Å². The van der Waals surface area contributed by atoms with Crippen LogP contribution < -0.4 is 17.0 Å². The van der Waals surface area contributed by atoms with Crippen LogP contribution in [-0.4, -0.2) is 68.6 Å². The molecule has 2 heterocycles. The number of ether oxygens (including phenoxy) is 1. The first kappa shape index (κ1) is 29.3. The Balaban J connectivity index is 1.87. The Kier molecular flexibility index (Phi) is 10.3. The number of aliphatic hydroxyl groups is 1. The van der Waals surface area contributed by atoms with E-state index < -0.39 is 0 Å². The van der Waals surface area contributed by atoms with Crippen molar-refractivity contribution in [2.75, 3.05) is 45.7 Å². The number of imidazole rings is 1. The Bertz CT molecular complexity index is 1510. The Morgan fingerprint density at radius 2 is 1.70 bits per heavy atom. The molecular formula is C30H40N6O4. The minimum absolute atomic E-state index is 0.0594. The zero-order valence-electron chi connectivity index (χ0n) is 23.5. The van der Waals surface area contributed by atoms with Crippen LogP contribution in [-0.2, 0) is 37.2 Å². The van der Waals surface area contributed by atoms with Crippen molar-refractivity contribution in [3.05, 3.63) is 92.4 Å². The van der Waals surface area contributed by atoms with Crippen molar-refractivity contribution in [1.82, 2.24) is 23.6 Å². The topological polar surface area (TPSA) is 121 Å². The first-order valence-electron chi connectivity index (χ1n) is 13.9. The summed E-state index contributed by atoms with van der Waals surface area (Å²) < 4.78 is 10.1. The van der Waals surface area contributed by atoms with E-state index in [0.29, 0.717) is 68.9 Å². The minimum atomic E-state index is -0.380. The van der Waals surface area contributed by atoms with E-state index in [2.05, 4.69) is 4.90 Å². The molecule has 0 amide bonds. The molecule has 0 saturated heterocycles. The van der Waals surface area contributed by atoms with Gasteiger partial charge in [-0.1, -0.05) is 55.5 Å². The second-order valence-corrected chi connectivity index (χ2v) is 9.86. The number of anilines is 1. The van der Waals surface area contributed by atoms with E-state index in [1.807, 2.05) is 66.1 Å². The highest BCUT2D eigenvalue weighted by Gasteiger charge is 2.22. The van der Waals surface area contributed by atoms with E-state index in [4.69, 9.17) is 15.5 Å². The molecule has 3 N–H and O–H groups in total. The molecule has 0 fully saturated rings. The van der Waals surface area contributed by atoms with Crippen LogP contribution in [0.5, 0.6) is 0 Å². The number of nitrogen functional groups attached to an aromatic ring is 1. The number of likely N-dealkylation sites (N-methyl/N-ethyl adjacent to an activating group) is 1. The SMILES string of the molecule is CCN(CCO)CCn1c(Cc2ccccc2)nc2c1c(=O)n(CCCOC)c(=O)n2CCc1ccccc1N. The molecule has 0 bridgehead atoms. The fourth-order valence-electron chi connectivity index (χ4n) is 5.06. The lowest BCUT2D eigenvalue weighted by Crippen LogP contribution is -2.41. The van der Waals surface area contributed by atoms with Gasteiger partial charge in [-0.25, -0.2) is 9.78 Å². The average Bonchev–Trinajstić information content (AvgIpc) is 3.31. The molecule has 0 spiro atoms. The maximum absolute atomic E-state index is 13.9. The zero-order chi connectivity index (χ0) is 28.5. The average molecular weight is 549 g/mol. The Morgan fingerprint density at radius 1 is 0.950 bits per heavy atom. The molecule has 0 saturated carbocycles. The van der Waals surface area contributed by atoms with Crippen LogP contribution in [0.3, 0.4) is 0 Å². The summed E-state index contributed by atoms with van der Waals surface area (Å²) in [5, 5.41) is 9.50. The van der Waals surface area contributed by atoms with Gasteiger partial charge in [0.1, 0.15) is 5.82 Å². The van der Waals surface area contributed by atoms with Gasteiger partial charge in [-0.3, -0.25) is 18.8 Å². The van der Waals surface area contributed by atoms with Gasteiger partial charge in [-0.2, -0.15) is 0 Å². The summed E-state index contributed by atoms with van der Waals surface area (Å²) in [6.07, 6.45) is 1.58. The van der Waals surface area contributed by atoms with Crippen LogP contribution in [0, 0.1) is 0 Å². The number of para-hydroxylation sites is 1. The van der Waals surface area contributed by atoms with Crippen molar-refractivity contribution < 1.29 is 9.84 Å². The monoisotopic (exact) mass is 548 g/mol. The van der Waals surface area contributed by atoms with Gasteiger partial charge in [0, 0.05) is 58.5 Å². The summed E-state index contributed by atoms with van der Waals surface area (Å²) in [6.45, 7) is 5.58. The van der Waals surface area contributed by atoms with E-state index in [-0.39, 0.29) is 24.4 Å². The van der Waals surface area contributed by atoms with Crippen LogP contribution in [0.15, 0.2) is 64.2 Å². The summed E-state index contributed by atoms with van der Waals surface area (Å²) in [5.74, 6) is 0.723. The number of rotatable bonds is 15. The quantitative estimate of drug-likeness (QED) is 0.172. The number of fused-ring (bicyclic) bond motifs is 1. The molecule has 10 nitrogen and oxygen atoms in total. The molecule has 10 heteroatoms. The van der Waals surface area contributed by atoms with Crippen molar-refractivity contribution >= 4 is 16.9 Å². The predicted octanol–water partition coefficient (Wildman–Crippen LogP) is 2.13. The zero-order valence-corrected chi connectivity index (χ0v) is 23.5. The van der Waals surface area contributed by atoms with Crippen molar-refractivity contribution in [2.24, 2.45) is 0 Å². The minimum Gasteiger partial charge on any atom is -0.399 e. The van der Waals surface area contributed by atoms with Crippen molar-refractivity contribution in [3.63, 3.8) is 0 Å². The molecule has 0 unspecified atom stereocenters. The number of hydrogen-bond acceptors (Lipinski definition) is 7. The first-order chi connectivity index (χ1) is 19.5. The van der Waals surface area contributed by atoms with Crippen LogP contribution in [0.4, 0.5) is 5.69 Å². The number of aryl methyl sites for hydroxylation is 2. The molecule has 0 radical (unpaired) electrons. The fraction of sp³-hybridized carbons (Fsp3) is 0.433. The number of nitrogens with two attached hydrogens (primary N) is 1. The number of methoxy groups -OCH3 is 1. The summed E-state index contributed by atoms with van der Waals surface area (Å²) >= 11 is 0. The van der Waals surface area contributed by atoms with Gasteiger partial charge in [0.2, 0.25) is 0 Å². The van der Waals surface area contributed by atoms with Crippen molar-refractivity contribution in [1.29, 1.82) is 0 Å². The van der Waals surface area contributed by atoms with Gasteiger partial charge in [0.05, 0.1) is 6.61 Å². The number of aliphatic hydroxyl groups excluding tert-OH is 1. The standard InChI is InChI=1S/C30H40N6O4/c1-3-33(19-20-37)17-18-34-26(22-23-10-5-4-6-11-23)32-28-27(34)29(38)36(15-9-21-40-2)30(39)35(28)16-14-24-12-7-8-13-25(24)31/h4-8,10-13,37H,3,9,14-22,31H2,1-2H3. The highest BCUT2D eigenvalue weighted by molar-refractivity contribution is 5.71. The van der Waals surface area contributed by atoms with Gasteiger partial charge in [0.15, 0.2) is 11.2 Å².